The summed E-state index contributed by atoms with van der Waals surface area (Å²) in [6.45, 7) is 6.95. The average molecular weight is 1040 g/mol. The molecule has 0 aromatic rings. The Hall–Kier alpha value is -3.52. The van der Waals surface area contributed by atoms with Gasteiger partial charge in [0.25, 0.3) is 0 Å². The summed E-state index contributed by atoms with van der Waals surface area (Å²) in [6, 6.07) is -0.979. The Bertz CT molecular complexity index is 1820. The van der Waals surface area contributed by atoms with E-state index in [0.29, 0.717) is 12.8 Å². The molecule has 73 heavy (non-hydrogen) atoms. The Morgan fingerprint density at radius 2 is 1.22 bits per heavy atom. The maximum atomic E-state index is 12.7. The van der Waals surface area contributed by atoms with Gasteiger partial charge in [-0.25, -0.2) is 0 Å². The second kappa shape index (κ2) is 32.8. The highest BCUT2D eigenvalue weighted by atomic mass is 16.7. The zero-order valence-electron chi connectivity index (χ0n) is 42.6. The van der Waals surface area contributed by atoms with Gasteiger partial charge in [0.05, 0.1) is 79.6 Å². The molecule has 0 unspecified atom stereocenters. The van der Waals surface area contributed by atoms with Crippen LogP contribution in [0.4, 0.5) is 0 Å². The van der Waals surface area contributed by atoms with Crippen LogP contribution in [0.3, 0.4) is 0 Å². The van der Waals surface area contributed by atoms with Crippen LogP contribution < -0.4 is 0 Å². The van der Waals surface area contributed by atoms with E-state index >= 15 is 0 Å². The Morgan fingerprint density at radius 1 is 0.658 bits per heavy atom. The third-order valence-corrected chi connectivity index (χ3v) is 13.6. The summed E-state index contributed by atoms with van der Waals surface area (Å²) in [6.07, 6.45) is 3.53. The Balaban J connectivity index is 1.94. The molecule has 0 saturated carbocycles. The number of carboxylic acids is 1. The van der Waals surface area contributed by atoms with Gasteiger partial charge in [-0.2, -0.15) is 0 Å². The van der Waals surface area contributed by atoms with Crippen LogP contribution in [0.1, 0.15) is 91.9 Å². The number of fused-ring (bicyclic) bond motifs is 2. The number of nitrogens with zero attached hydrogens (tertiary/aromatic N) is 1. The van der Waals surface area contributed by atoms with Gasteiger partial charge in [-0.05, 0) is 46.0 Å². The van der Waals surface area contributed by atoms with Gasteiger partial charge < -0.3 is 85.3 Å². The van der Waals surface area contributed by atoms with E-state index in [1.807, 2.05) is 13.0 Å². The monoisotopic (exact) mass is 1040 g/mol. The van der Waals surface area contributed by atoms with Crippen molar-refractivity contribution in [2.75, 3.05) is 26.3 Å². The smallest absolute Gasteiger partial charge is 0.311 e. The molecule has 0 radical (unpaired) electrons. The number of cyclic esters (lactones) is 1. The molecule has 0 aliphatic carbocycles. The zero-order chi connectivity index (χ0) is 54.3. The van der Waals surface area contributed by atoms with Gasteiger partial charge in [0.1, 0.15) is 18.1 Å². The zero-order valence-corrected chi connectivity index (χ0v) is 42.6. The largest absolute Gasteiger partial charge is 0.481 e. The van der Waals surface area contributed by atoms with Crippen molar-refractivity contribution in [1.29, 1.82) is 0 Å². The van der Waals surface area contributed by atoms with Crippen LogP contribution in [0.25, 0.3) is 0 Å². The van der Waals surface area contributed by atoms with Crippen molar-refractivity contribution in [1.82, 2.24) is 4.90 Å². The molecule has 416 valence electrons. The van der Waals surface area contributed by atoms with Crippen LogP contribution in [0.2, 0.25) is 0 Å². The summed E-state index contributed by atoms with van der Waals surface area (Å²) in [5.41, 5.74) is 0. The van der Waals surface area contributed by atoms with Crippen molar-refractivity contribution in [3.8, 4) is 0 Å². The fraction of sp³-hybridized carbons (Fsp3) is 0.698. The van der Waals surface area contributed by atoms with E-state index in [1.165, 1.54) is 6.08 Å². The second-order valence-electron chi connectivity index (χ2n) is 19.7. The molecule has 20 nitrogen and oxygen atoms in total. The molecule has 19 atom stereocenters. The maximum Gasteiger partial charge on any atom is 0.311 e. The molecule has 3 heterocycles. The van der Waals surface area contributed by atoms with Gasteiger partial charge in [0.2, 0.25) is 0 Å². The normalized spacial score (nSPS) is 41.9. The van der Waals surface area contributed by atoms with Gasteiger partial charge in [-0.15, -0.1) is 0 Å². The van der Waals surface area contributed by atoms with E-state index in [-0.39, 0.29) is 57.9 Å². The van der Waals surface area contributed by atoms with E-state index in [1.54, 1.807) is 98.6 Å². The van der Waals surface area contributed by atoms with Gasteiger partial charge in [0, 0.05) is 63.8 Å². The number of carbonyl (C=O) groups excluding carboxylic acids is 1. The molecule has 3 aliphatic rings. The first-order chi connectivity index (χ1) is 34.6. The van der Waals surface area contributed by atoms with Crippen molar-refractivity contribution in [2.24, 2.45) is 17.8 Å². The number of allylic oxidation sites excluding steroid dienone is 12. The number of esters is 1. The number of carboxylic acid groups (broad SMARTS) is 1. The molecular formula is C53H85NO19. The minimum absolute atomic E-state index is 0.121. The van der Waals surface area contributed by atoms with E-state index in [2.05, 4.69) is 0 Å². The number of aliphatic hydroxyl groups excluding tert-OH is 11. The van der Waals surface area contributed by atoms with E-state index in [9.17, 15) is 76.0 Å². The Morgan fingerprint density at radius 3 is 1.78 bits per heavy atom. The van der Waals surface area contributed by atoms with Gasteiger partial charge >= 0.3 is 11.9 Å². The minimum atomic E-state index is -2.36. The fourth-order valence-electron chi connectivity index (χ4n) is 9.30. The third kappa shape index (κ3) is 21.9. The molecule has 3 aliphatic heterocycles. The van der Waals surface area contributed by atoms with Crippen LogP contribution in [-0.4, -0.2) is 207 Å². The van der Waals surface area contributed by atoms with Crippen molar-refractivity contribution in [3.05, 3.63) is 85.1 Å². The molecule has 13 N–H and O–H groups in total. The standard InChI is InChI=1S/C53H85NO19/c1-33-19-15-13-11-9-7-5-6-8-10-12-14-16-20-40(72-52-50(66)47(49(65)36(4)71-52)54(23-17-25-55)24-18-26-56)30-44-46(51(67)68)43(62)32-53(69,73-44)31-39(59)28-42(61)41(60)22-21-37(57)27-38(58)29-45(63)70-35(3)34(2)48(33)64/h5-16,19-20,33-44,46-50,52,55-62,64-66,69H,17-18,21-32H2,1-4H3,(H,67,68)/b6-5+,9-7+,10-8+,13-11+,14-12+,19-15+,20-16+/t33-,34-,35-,36+,37+,38+,39-,40-,41+,42+,43-,44-,46+,47-,48+,49+,50-,52-,53+/m0/s1. The number of hydrogen-bond donors (Lipinski definition) is 13. The highest BCUT2D eigenvalue weighted by Gasteiger charge is 2.51. The molecule has 2 bridgehead atoms. The third-order valence-electron chi connectivity index (χ3n) is 13.6. The number of aliphatic hydroxyl groups is 12. The number of aliphatic carboxylic acids is 1. The van der Waals surface area contributed by atoms with Crippen molar-refractivity contribution in [2.45, 2.75) is 189 Å². The minimum Gasteiger partial charge on any atom is -0.481 e. The summed E-state index contributed by atoms with van der Waals surface area (Å²) >= 11 is 0. The number of hydrogen-bond acceptors (Lipinski definition) is 19. The van der Waals surface area contributed by atoms with Crippen LogP contribution in [0.5, 0.6) is 0 Å². The van der Waals surface area contributed by atoms with E-state index in [4.69, 9.17) is 18.9 Å². The highest BCUT2D eigenvalue weighted by molar-refractivity contribution is 5.71. The predicted octanol–water partition coefficient (Wildman–Crippen LogP) is 0.820. The lowest BCUT2D eigenvalue weighted by Crippen LogP contribution is -2.64. The lowest BCUT2D eigenvalue weighted by Gasteiger charge is -2.47. The first kappa shape index (κ1) is 63.8. The predicted molar refractivity (Wildman–Crippen MR) is 268 cm³/mol. The van der Waals surface area contributed by atoms with Crippen LogP contribution in [-0.2, 0) is 28.5 Å². The fourth-order valence-corrected chi connectivity index (χ4v) is 9.30. The average Bonchev–Trinajstić information content (AvgIpc) is 3.31. The molecule has 0 aromatic heterocycles. The molecule has 2 fully saturated rings. The van der Waals surface area contributed by atoms with Crippen LogP contribution in [0, 0.1) is 17.8 Å². The first-order valence-electron chi connectivity index (χ1n) is 25.5. The summed E-state index contributed by atoms with van der Waals surface area (Å²) in [4.78, 5) is 27.1. The first-order valence-corrected chi connectivity index (χ1v) is 25.5. The lowest BCUT2D eigenvalue weighted by atomic mass is 9.82. The second-order valence-corrected chi connectivity index (χ2v) is 19.7. The molecule has 0 aromatic carbocycles. The maximum absolute atomic E-state index is 12.7. The van der Waals surface area contributed by atoms with Gasteiger partial charge in [0.15, 0.2) is 12.1 Å². The molecule has 2 saturated heterocycles. The summed E-state index contributed by atoms with van der Waals surface area (Å²) < 4.78 is 23.8. The summed E-state index contributed by atoms with van der Waals surface area (Å²) in [5, 5.41) is 140. The Labute approximate surface area is 429 Å². The molecule has 0 amide bonds. The molecular weight excluding hydrogens is 955 g/mol. The lowest BCUT2D eigenvalue weighted by molar-refractivity contribution is -0.312. The topological polar surface area (TPSA) is 337 Å². The van der Waals surface area contributed by atoms with E-state index in [0.717, 1.165) is 0 Å². The molecule has 3 rings (SSSR count). The highest BCUT2D eigenvalue weighted by Crippen LogP contribution is 2.38. The quantitative estimate of drug-likeness (QED) is 0.135. The summed E-state index contributed by atoms with van der Waals surface area (Å²) in [5.74, 6) is -6.95. The number of rotatable bonds is 10. The van der Waals surface area contributed by atoms with Crippen molar-refractivity contribution in [3.63, 3.8) is 0 Å². The van der Waals surface area contributed by atoms with Crippen LogP contribution in [0.15, 0.2) is 85.1 Å². The van der Waals surface area contributed by atoms with Crippen molar-refractivity contribution < 1.29 is 94.9 Å². The number of ether oxygens (including phenoxy) is 4. The van der Waals surface area contributed by atoms with E-state index < -0.39 is 147 Å². The van der Waals surface area contributed by atoms with Gasteiger partial charge in [-0.3, -0.25) is 14.5 Å². The Kier molecular flexibility index (Phi) is 28.7. The van der Waals surface area contributed by atoms with Crippen LogP contribution >= 0.6 is 0 Å². The van der Waals surface area contributed by atoms with Gasteiger partial charge in [-0.1, -0.05) is 98.9 Å². The SMILES string of the molecule is C[C@@H]1[C@H](O)[C@@H](C)/C=C/C=C/C=C/C=C/C=C/C=C/C=C/[C@H](O[C@@H]2O[C@H](C)[C@@H](O)[C@H](N(CCCO)CCCO)[C@@H]2O)C[C@@H]2O[C@](O)(C[C@@H](O)C[C@@H](O)[C@H](O)CC[C@@H](O)C[C@@H](O)CC(=O)O[C@H]1C)C[C@H](O)[C@H]2C(=O)O. The molecule has 20 heteroatoms. The number of carbonyl (C=O) groups is 2. The summed E-state index contributed by atoms with van der Waals surface area (Å²) in [7, 11) is 0. The van der Waals surface area contributed by atoms with Crippen molar-refractivity contribution >= 4 is 11.9 Å². The molecule has 0 spiro atoms.